The third-order valence-electron chi connectivity index (χ3n) is 16.7. The standard InChI is InChI=1S/C71H133NO10/c1-3-5-7-9-11-13-14-15-16-17-30-33-36-39-43-47-51-55-59-67(76)80-60-56-52-48-44-40-37-34-31-28-26-24-22-20-18-19-21-23-25-27-29-32-35-38-42-46-50-54-58-66(75)72-63(64(74)57-53-49-45-41-12-10-8-6-4-2)62-81-71-70(79)69(78)68(77)65(61-73)82-71/h13-14,16-17,53,57,63-65,68-71,73-74,77-79H,3-12,15,18-52,54-56,58-62H2,1-2H3,(H,72,75)/b14-13-,17-16-,57-53+. The van der Waals surface area contributed by atoms with Gasteiger partial charge in [-0.05, 0) is 64.2 Å². The zero-order valence-electron chi connectivity index (χ0n) is 53.5. The third-order valence-corrected chi connectivity index (χ3v) is 16.7. The van der Waals surface area contributed by atoms with E-state index in [0.717, 1.165) is 64.2 Å². The van der Waals surface area contributed by atoms with E-state index >= 15 is 0 Å². The molecule has 0 bridgehead atoms. The molecule has 7 unspecified atom stereocenters. The van der Waals surface area contributed by atoms with Crippen LogP contribution >= 0.6 is 0 Å². The fourth-order valence-corrected chi connectivity index (χ4v) is 11.2. The Hall–Kier alpha value is -2.12. The van der Waals surface area contributed by atoms with Crippen molar-refractivity contribution in [2.24, 2.45) is 0 Å². The lowest BCUT2D eigenvalue weighted by atomic mass is 9.99. The minimum atomic E-state index is -1.57. The van der Waals surface area contributed by atoms with Crippen LogP contribution in [0.3, 0.4) is 0 Å². The van der Waals surface area contributed by atoms with Crippen LogP contribution in [0.5, 0.6) is 0 Å². The van der Waals surface area contributed by atoms with Crippen molar-refractivity contribution in [2.45, 2.75) is 384 Å². The van der Waals surface area contributed by atoms with Crippen molar-refractivity contribution in [1.29, 1.82) is 0 Å². The first-order valence-corrected chi connectivity index (χ1v) is 35.3. The molecule has 11 heteroatoms. The Balaban J connectivity index is 1.90. The highest BCUT2D eigenvalue weighted by atomic mass is 16.7. The van der Waals surface area contributed by atoms with Crippen molar-refractivity contribution in [2.75, 3.05) is 19.8 Å². The van der Waals surface area contributed by atoms with E-state index in [2.05, 4.69) is 43.5 Å². The first-order chi connectivity index (χ1) is 40.2. The number of aliphatic hydroxyl groups is 5. The number of carbonyl (C=O) groups is 2. The summed E-state index contributed by atoms with van der Waals surface area (Å²) in [6.07, 6.45) is 67.2. The van der Waals surface area contributed by atoms with Crippen molar-refractivity contribution < 1.29 is 49.3 Å². The van der Waals surface area contributed by atoms with Crippen LogP contribution < -0.4 is 5.32 Å². The van der Waals surface area contributed by atoms with E-state index in [9.17, 15) is 35.1 Å². The topological polar surface area (TPSA) is 175 Å². The molecule has 82 heavy (non-hydrogen) atoms. The van der Waals surface area contributed by atoms with E-state index in [1.165, 1.54) is 250 Å². The van der Waals surface area contributed by atoms with Gasteiger partial charge >= 0.3 is 5.97 Å². The molecule has 1 aliphatic heterocycles. The molecule has 0 spiro atoms. The van der Waals surface area contributed by atoms with Gasteiger partial charge in [-0.2, -0.15) is 0 Å². The molecule has 1 fully saturated rings. The van der Waals surface area contributed by atoms with E-state index < -0.39 is 49.5 Å². The zero-order valence-corrected chi connectivity index (χ0v) is 53.5. The van der Waals surface area contributed by atoms with Gasteiger partial charge in [0.15, 0.2) is 6.29 Å². The molecule has 0 aromatic heterocycles. The number of hydrogen-bond donors (Lipinski definition) is 6. The number of allylic oxidation sites excluding steroid dienone is 5. The van der Waals surface area contributed by atoms with Gasteiger partial charge < -0.3 is 45.1 Å². The summed E-state index contributed by atoms with van der Waals surface area (Å²) in [6.45, 7) is 4.32. The molecule has 0 aliphatic carbocycles. The second kappa shape index (κ2) is 60.6. The highest BCUT2D eigenvalue weighted by Gasteiger charge is 2.44. The third kappa shape index (κ3) is 49.0. The summed E-state index contributed by atoms with van der Waals surface area (Å²) < 4.78 is 16.7. The van der Waals surface area contributed by atoms with Crippen molar-refractivity contribution >= 4 is 11.9 Å². The molecule has 6 N–H and O–H groups in total. The van der Waals surface area contributed by atoms with Crippen LogP contribution in [-0.2, 0) is 23.8 Å². The molecule has 0 aromatic rings. The predicted octanol–water partition coefficient (Wildman–Crippen LogP) is 17.8. The van der Waals surface area contributed by atoms with E-state index in [4.69, 9.17) is 14.2 Å². The molecule has 1 heterocycles. The molecule has 0 saturated carbocycles. The van der Waals surface area contributed by atoms with Crippen molar-refractivity contribution in [1.82, 2.24) is 5.32 Å². The highest BCUT2D eigenvalue weighted by molar-refractivity contribution is 5.76. The fraction of sp³-hybridized carbons (Fsp3) is 0.887. The second-order valence-electron chi connectivity index (χ2n) is 24.6. The number of carbonyl (C=O) groups excluding carboxylic acids is 2. The van der Waals surface area contributed by atoms with Gasteiger partial charge in [-0.25, -0.2) is 0 Å². The number of aliphatic hydroxyl groups excluding tert-OH is 5. The average Bonchev–Trinajstić information content (AvgIpc) is 3.63. The average molecular weight is 1160 g/mol. The maximum atomic E-state index is 13.0. The van der Waals surface area contributed by atoms with Gasteiger partial charge in [0.1, 0.15) is 24.4 Å². The summed E-state index contributed by atoms with van der Waals surface area (Å²) in [4.78, 5) is 25.1. The van der Waals surface area contributed by atoms with Crippen LogP contribution in [0.2, 0.25) is 0 Å². The van der Waals surface area contributed by atoms with E-state index in [-0.39, 0.29) is 18.5 Å². The molecule has 0 radical (unpaired) electrons. The van der Waals surface area contributed by atoms with Gasteiger partial charge in [0.05, 0.1) is 32.0 Å². The van der Waals surface area contributed by atoms with E-state index in [0.29, 0.717) is 19.4 Å². The summed E-state index contributed by atoms with van der Waals surface area (Å²) in [7, 11) is 0. The number of esters is 1. The molecule has 11 nitrogen and oxygen atoms in total. The lowest BCUT2D eigenvalue weighted by Crippen LogP contribution is -2.60. The number of amides is 1. The fourth-order valence-electron chi connectivity index (χ4n) is 11.2. The SMILES string of the molecule is CCCCCC/C=C\C/C=C\CCCCCCCCCC(=O)OCCCCCCCCCCCCCCCCCCCCCCCCCCCCCC(=O)NC(COC1OC(CO)C(O)C(O)C1O)C(O)/C=C/CCCCCCCCC. The zero-order chi connectivity index (χ0) is 59.5. The monoisotopic (exact) mass is 1160 g/mol. The molecular formula is C71H133NO10. The number of nitrogens with one attached hydrogen (secondary N) is 1. The van der Waals surface area contributed by atoms with Crippen LogP contribution in [0.1, 0.15) is 341 Å². The smallest absolute Gasteiger partial charge is 0.305 e. The Morgan fingerprint density at radius 1 is 0.451 bits per heavy atom. The lowest BCUT2D eigenvalue weighted by Gasteiger charge is -2.40. The number of ether oxygens (including phenoxy) is 3. The van der Waals surface area contributed by atoms with Crippen LogP contribution in [-0.4, -0.2) is 100 Å². The quantitative estimate of drug-likeness (QED) is 0.0195. The molecule has 7 atom stereocenters. The molecular weight excluding hydrogens is 1030 g/mol. The van der Waals surface area contributed by atoms with Gasteiger partial charge in [-0.3, -0.25) is 9.59 Å². The van der Waals surface area contributed by atoms with Gasteiger partial charge in [0.2, 0.25) is 5.91 Å². The van der Waals surface area contributed by atoms with Crippen molar-refractivity contribution in [3.05, 3.63) is 36.5 Å². The minimum absolute atomic E-state index is 0.00140. The van der Waals surface area contributed by atoms with Crippen molar-refractivity contribution in [3.63, 3.8) is 0 Å². The summed E-state index contributed by atoms with van der Waals surface area (Å²) in [5, 5.41) is 54.3. The predicted molar refractivity (Wildman–Crippen MR) is 343 cm³/mol. The largest absolute Gasteiger partial charge is 0.466 e. The molecule has 0 aromatic carbocycles. The van der Waals surface area contributed by atoms with Crippen LogP contribution in [0, 0.1) is 0 Å². The number of rotatable bonds is 62. The maximum absolute atomic E-state index is 13.0. The Labute approximate surface area is 504 Å². The molecule has 1 aliphatic rings. The summed E-state index contributed by atoms with van der Waals surface area (Å²) in [5.41, 5.74) is 0. The van der Waals surface area contributed by atoms with E-state index in [1.807, 2.05) is 6.08 Å². The number of unbranched alkanes of at least 4 members (excludes halogenated alkanes) is 44. The Morgan fingerprint density at radius 2 is 0.817 bits per heavy atom. The van der Waals surface area contributed by atoms with Crippen molar-refractivity contribution in [3.8, 4) is 0 Å². The highest BCUT2D eigenvalue weighted by Crippen LogP contribution is 2.23. The Kier molecular flexibility index (Phi) is 57.5. The Bertz CT molecular complexity index is 1460. The summed E-state index contributed by atoms with van der Waals surface area (Å²) in [6, 6.07) is -0.806. The minimum Gasteiger partial charge on any atom is -0.466 e. The second-order valence-corrected chi connectivity index (χ2v) is 24.6. The number of hydrogen-bond acceptors (Lipinski definition) is 10. The van der Waals surface area contributed by atoms with E-state index in [1.54, 1.807) is 6.08 Å². The molecule has 1 amide bonds. The van der Waals surface area contributed by atoms with Gasteiger partial charge in [-0.15, -0.1) is 0 Å². The first kappa shape index (κ1) is 77.9. The first-order valence-electron chi connectivity index (χ1n) is 35.3. The van der Waals surface area contributed by atoms with Crippen LogP contribution in [0.4, 0.5) is 0 Å². The lowest BCUT2D eigenvalue weighted by molar-refractivity contribution is -0.302. The van der Waals surface area contributed by atoms with Gasteiger partial charge in [0, 0.05) is 12.8 Å². The molecule has 1 saturated heterocycles. The normalized spacial score (nSPS) is 18.4. The Morgan fingerprint density at radius 3 is 1.24 bits per heavy atom. The van der Waals surface area contributed by atoms with Crippen LogP contribution in [0.15, 0.2) is 36.5 Å². The van der Waals surface area contributed by atoms with Gasteiger partial charge in [-0.1, -0.05) is 301 Å². The molecule has 1 rings (SSSR count). The van der Waals surface area contributed by atoms with Gasteiger partial charge in [0.25, 0.3) is 0 Å². The summed E-state index contributed by atoms with van der Waals surface area (Å²) >= 11 is 0. The molecule has 482 valence electrons. The maximum Gasteiger partial charge on any atom is 0.305 e. The summed E-state index contributed by atoms with van der Waals surface area (Å²) in [5.74, 6) is -0.179. The van der Waals surface area contributed by atoms with Crippen LogP contribution in [0.25, 0.3) is 0 Å².